The Morgan fingerprint density at radius 3 is 2.29 bits per heavy atom. The van der Waals surface area contributed by atoms with Crippen LogP contribution in [0.5, 0.6) is 0 Å². The van der Waals surface area contributed by atoms with E-state index in [0.717, 1.165) is 12.8 Å². The molecule has 1 unspecified atom stereocenters. The highest BCUT2D eigenvalue weighted by Gasteiger charge is 2.58. The first-order valence-electron chi connectivity index (χ1n) is 17.0. The zero-order valence-corrected chi connectivity index (χ0v) is 29.0. The van der Waals surface area contributed by atoms with E-state index in [4.69, 9.17) is 0 Å². The van der Waals surface area contributed by atoms with E-state index in [1.54, 1.807) is 41.5 Å². The first-order valence-corrected chi connectivity index (χ1v) is 17.0. The summed E-state index contributed by atoms with van der Waals surface area (Å²) in [7, 11) is 0. The number of nitrogens with one attached hydrogen (secondary N) is 4. The Morgan fingerprint density at radius 1 is 1.04 bits per heavy atom. The topological polar surface area (TPSA) is 200 Å². The van der Waals surface area contributed by atoms with Gasteiger partial charge in [0.15, 0.2) is 0 Å². The van der Waals surface area contributed by atoms with E-state index < -0.39 is 82.3 Å². The summed E-state index contributed by atoms with van der Waals surface area (Å²) in [5, 5.41) is 22.3. The second kappa shape index (κ2) is 14.7. The van der Waals surface area contributed by atoms with Crippen molar-refractivity contribution in [1.82, 2.24) is 36.1 Å². The van der Waals surface area contributed by atoms with Crippen LogP contribution < -0.4 is 21.3 Å². The van der Waals surface area contributed by atoms with Crippen LogP contribution in [0.1, 0.15) is 97.5 Å². The summed E-state index contributed by atoms with van der Waals surface area (Å²) < 4.78 is 0. The van der Waals surface area contributed by atoms with E-state index in [-0.39, 0.29) is 30.6 Å². The van der Waals surface area contributed by atoms with Gasteiger partial charge in [-0.1, -0.05) is 48.0 Å². The highest BCUT2D eigenvalue weighted by atomic mass is 16.3. The molecule has 48 heavy (non-hydrogen) atoms. The van der Waals surface area contributed by atoms with E-state index >= 15 is 0 Å². The second-order valence-electron chi connectivity index (χ2n) is 15.2. The molecule has 1 aliphatic heterocycles. The fraction of sp³-hybridized carbons (Fsp3) is 0.706. The molecule has 0 radical (unpaired) electrons. The quantitative estimate of drug-likeness (QED) is 0.189. The number of likely N-dealkylation sites (tertiary alicyclic amines) is 1. The molecule has 2 saturated carbocycles. The van der Waals surface area contributed by atoms with Crippen molar-refractivity contribution in [3.8, 4) is 0 Å². The number of hydrogen-bond acceptors (Lipinski definition) is 9. The van der Waals surface area contributed by atoms with Crippen molar-refractivity contribution >= 4 is 35.3 Å². The van der Waals surface area contributed by atoms with Gasteiger partial charge >= 0.3 is 0 Å². The molecule has 0 aromatic carbocycles. The van der Waals surface area contributed by atoms with Gasteiger partial charge in [-0.25, -0.2) is 4.98 Å². The first-order chi connectivity index (χ1) is 22.5. The zero-order chi connectivity index (χ0) is 35.6. The number of aromatic nitrogens is 2. The number of amides is 5. The molecule has 5 N–H and O–H groups in total. The summed E-state index contributed by atoms with van der Waals surface area (Å²) in [6.45, 7) is 12.5. The average molecular weight is 670 g/mol. The van der Waals surface area contributed by atoms with Gasteiger partial charge in [0.2, 0.25) is 23.5 Å². The van der Waals surface area contributed by atoms with Crippen LogP contribution in [0.3, 0.4) is 0 Å². The van der Waals surface area contributed by atoms with E-state index in [2.05, 4.69) is 31.2 Å². The monoisotopic (exact) mass is 669 g/mol. The maximum Gasteiger partial charge on any atom is 0.289 e. The van der Waals surface area contributed by atoms with Gasteiger partial charge in [0.25, 0.3) is 11.8 Å². The van der Waals surface area contributed by atoms with Crippen molar-refractivity contribution in [3.63, 3.8) is 0 Å². The van der Waals surface area contributed by atoms with Crippen LogP contribution in [-0.2, 0) is 24.0 Å². The molecule has 4 rings (SSSR count). The summed E-state index contributed by atoms with van der Waals surface area (Å²) >= 11 is 0. The third-order valence-corrected chi connectivity index (χ3v) is 9.76. The van der Waals surface area contributed by atoms with Crippen LogP contribution in [0, 0.1) is 23.2 Å². The summed E-state index contributed by atoms with van der Waals surface area (Å²) in [5.74, 6) is -4.91. The minimum Gasteiger partial charge on any atom is -0.390 e. The predicted octanol–water partition coefficient (Wildman–Crippen LogP) is 0.883. The smallest absolute Gasteiger partial charge is 0.289 e. The highest BCUT2D eigenvalue weighted by molar-refractivity contribution is 6.38. The summed E-state index contributed by atoms with van der Waals surface area (Å²) in [5.41, 5.74) is -1.92. The predicted molar refractivity (Wildman–Crippen MR) is 175 cm³/mol. The Hall–Kier alpha value is -3.94. The molecule has 1 saturated heterocycles. The van der Waals surface area contributed by atoms with Crippen molar-refractivity contribution < 1.29 is 33.9 Å². The Balaban J connectivity index is 1.58. The lowest BCUT2D eigenvalue weighted by Gasteiger charge is -2.37. The minimum absolute atomic E-state index is 0.0241. The molecular formula is C34H51N7O7. The van der Waals surface area contributed by atoms with Gasteiger partial charge in [-0.15, -0.1) is 0 Å². The van der Waals surface area contributed by atoms with Gasteiger partial charge in [-0.2, -0.15) is 0 Å². The van der Waals surface area contributed by atoms with Crippen molar-refractivity contribution in [1.29, 1.82) is 0 Å². The van der Waals surface area contributed by atoms with Gasteiger partial charge in [-0.05, 0) is 56.3 Å². The molecule has 2 aliphatic carbocycles. The van der Waals surface area contributed by atoms with Crippen molar-refractivity contribution in [2.75, 3.05) is 6.54 Å². The lowest BCUT2D eigenvalue weighted by Crippen LogP contribution is -2.62. The van der Waals surface area contributed by atoms with Crippen LogP contribution in [-0.4, -0.2) is 97.6 Å². The highest BCUT2D eigenvalue weighted by Crippen LogP contribution is 2.48. The first kappa shape index (κ1) is 36.9. The lowest BCUT2D eigenvalue weighted by atomic mass is 9.84. The molecule has 7 atom stereocenters. The number of Topliss-reactive ketones (excluding diaryl/α,β-unsaturated/α-hetero) is 1. The number of rotatable bonds is 13. The van der Waals surface area contributed by atoms with Crippen molar-refractivity contribution in [2.45, 2.75) is 123 Å². The number of aliphatic hydroxyl groups is 1. The third kappa shape index (κ3) is 8.37. The molecule has 0 spiro atoms. The third-order valence-electron chi connectivity index (χ3n) is 9.76. The van der Waals surface area contributed by atoms with Gasteiger partial charge in [-0.3, -0.25) is 33.8 Å². The normalized spacial score (nSPS) is 25.4. The molecule has 0 bridgehead atoms. The Bertz CT molecular complexity index is 1390. The van der Waals surface area contributed by atoms with E-state index in [0.29, 0.717) is 19.3 Å². The fourth-order valence-electron chi connectivity index (χ4n) is 6.81. The second-order valence-corrected chi connectivity index (χ2v) is 15.2. The van der Waals surface area contributed by atoms with Gasteiger partial charge in [0.1, 0.15) is 23.8 Å². The SMILES string of the molecule is CCCC(NC(=O)[C@@H]1[C@H]2CC[C@@](C)(O)[C@H]2CN1C(=O)[C@@H](NC(=O)[C@@H](NC(=O)c1cnccn1)C(C)C)C(C)(C)C)C(=O)C(=O)NC1CC1. The molecule has 3 aliphatic rings. The van der Waals surface area contributed by atoms with E-state index in [9.17, 15) is 33.9 Å². The molecule has 1 aromatic heterocycles. The molecule has 264 valence electrons. The molecule has 5 amide bonds. The Labute approximate surface area is 282 Å². The van der Waals surface area contributed by atoms with E-state index in [1.165, 1.54) is 23.5 Å². The van der Waals surface area contributed by atoms with Crippen molar-refractivity contribution in [3.05, 3.63) is 24.3 Å². The van der Waals surface area contributed by atoms with Crippen LogP contribution in [0.4, 0.5) is 0 Å². The average Bonchev–Trinajstić information content (AvgIpc) is 3.67. The van der Waals surface area contributed by atoms with Crippen LogP contribution >= 0.6 is 0 Å². The zero-order valence-electron chi connectivity index (χ0n) is 29.0. The molecule has 1 aromatic rings. The van der Waals surface area contributed by atoms with Crippen LogP contribution in [0.2, 0.25) is 0 Å². The summed E-state index contributed by atoms with van der Waals surface area (Å²) in [4.78, 5) is 90.3. The molecule has 3 fully saturated rings. The number of ketones is 1. The number of nitrogens with zero attached hydrogens (tertiary/aromatic N) is 3. The largest absolute Gasteiger partial charge is 0.390 e. The molecule has 2 heterocycles. The van der Waals surface area contributed by atoms with Gasteiger partial charge in [0, 0.05) is 30.9 Å². The van der Waals surface area contributed by atoms with Crippen LogP contribution in [0.25, 0.3) is 0 Å². The number of carbonyl (C=O) groups excluding carboxylic acids is 6. The van der Waals surface area contributed by atoms with E-state index in [1.807, 2.05) is 6.92 Å². The number of carbonyl (C=O) groups is 6. The van der Waals surface area contributed by atoms with Gasteiger partial charge < -0.3 is 31.3 Å². The Kier molecular flexibility index (Phi) is 11.3. The Morgan fingerprint density at radius 2 is 1.73 bits per heavy atom. The fourth-order valence-corrected chi connectivity index (χ4v) is 6.81. The van der Waals surface area contributed by atoms with Crippen LogP contribution in [0.15, 0.2) is 18.6 Å². The summed E-state index contributed by atoms with van der Waals surface area (Å²) in [6, 6.07) is -4.26. The van der Waals surface area contributed by atoms with Gasteiger partial charge in [0.05, 0.1) is 17.8 Å². The minimum atomic E-state index is -1.13. The maximum atomic E-state index is 14.5. The lowest BCUT2D eigenvalue weighted by molar-refractivity contribution is -0.146. The standard InChI is InChI=1S/C34H51N7O7/c1-8-9-22(26(42)31(46)37-19-10-11-19)38-30(45)25-20-12-13-34(7,48)21(20)17-41(25)32(47)27(33(4,5)6)40-29(44)24(18(2)3)39-28(43)23-16-35-14-15-36-23/h14-16,18-22,24-25,27,48H,8-13,17H2,1-7H3,(H,37,46)(H,38,45)(H,39,43)(H,40,44)/t20-,21-,22?,24-,25-,27+,34+/m0/s1. The van der Waals surface area contributed by atoms with Crippen molar-refractivity contribution in [2.24, 2.45) is 23.2 Å². The molecule has 14 heteroatoms. The maximum absolute atomic E-state index is 14.5. The molecular weight excluding hydrogens is 618 g/mol. The number of fused-ring (bicyclic) bond motifs is 1. The summed E-state index contributed by atoms with van der Waals surface area (Å²) in [6.07, 6.45) is 7.39. The molecule has 14 nitrogen and oxygen atoms in total. The number of hydrogen-bond donors (Lipinski definition) is 5.